The topological polar surface area (TPSA) is 103 Å². The maximum atomic E-state index is 11.9. The van der Waals surface area contributed by atoms with Gasteiger partial charge < -0.3 is 14.8 Å². The first kappa shape index (κ1) is 19.0. The molecule has 2 N–H and O–H groups in total. The largest absolute Gasteiger partial charge is 0.444 e. The van der Waals surface area contributed by atoms with Crippen LogP contribution in [0.25, 0.3) is 0 Å². The Labute approximate surface area is 147 Å². The Morgan fingerprint density at radius 1 is 1.40 bits per heavy atom. The first-order valence-corrected chi connectivity index (χ1v) is 8.11. The number of rotatable bonds is 4. The van der Waals surface area contributed by atoms with Crippen LogP contribution < -0.4 is 10.6 Å². The number of ether oxygens (including phenoxy) is 2. The van der Waals surface area contributed by atoms with Crippen molar-refractivity contribution >= 4 is 23.2 Å². The molecule has 1 fully saturated rings. The maximum absolute atomic E-state index is 11.9. The van der Waals surface area contributed by atoms with Gasteiger partial charge in [0.05, 0.1) is 24.2 Å². The summed E-state index contributed by atoms with van der Waals surface area (Å²) in [6.45, 7) is 10.4. The molecular formula is C17H25N3O5. The lowest BCUT2D eigenvalue weighted by molar-refractivity contribution is -0.384. The van der Waals surface area contributed by atoms with Gasteiger partial charge in [0.2, 0.25) is 0 Å². The van der Waals surface area contributed by atoms with Crippen LogP contribution in [0.4, 0.5) is 21.9 Å². The number of carbonyl (C=O) groups is 1. The smallest absolute Gasteiger partial charge is 0.412 e. The van der Waals surface area contributed by atoms with E-state index in [2.05, 4.69) is 10.6 Å². The highest BCUT2D eigenvalue weighted by atomic mass is 16.6. The Morgan fingerprint density at radius 2 is 2.08 bits per heavy atom. The highest BCUT2D eigenvalue weighted by Crippen LogP contribution is 2.34. The zero-order chi connectivity index (χ0) is 18.8. The van der Waals surface area contributed by atoms with Crippen molar-refractivity contribution in [2.45, 2.75) is 46.3 Å². The summed E-state index contributed by atoms with van der Waals surface area (Å²) in [7, 11) is 0. The number of nitro benzene ring substituents is 1. The Kier molecular flexibility index (Phi) is 5.22. The minimum Gasteiger partial charge on any atom is -0.444 e. The SMILES string of the molecule is CC(C)(C)OC(=O)Nc1ccc([N+](=O)[O-])c(NC2COCC2(C)C)c1. The normalized spacial score (nSPS) is 19.3. The standard InChI is InChI=1S/C17H25N3O5/c1-16(2,3)25-15(21)18-11-6-7-13(20(22)23)12(8-11)19-14-9-24-10-17(14,4)5/h6-8,14,19H,9-10H2,1-5H3,(H,18,21). The van der Waals surface area contributed by atoms with Crippen molar-refractivity contribution in [2.24, 2.45) is 5.41 Å². The molecule has 0 aliphatic carbocycles. The molecule has 0 saturated carbocycles. The fourth-order valence-corrected chi connectivity index (χ4v) is 2.50. The molecule has 1 atom stereocenters. The number of amides is 1. The quantitative estimate of drug-likeness (QED) is 0.632. The predicted molar refractivity (Wildman–Crippen MR) is 95.0 cm³/mol. The molecule has 1 aromatic rings. The third kappa shape index (κ3) is 5.06. The van der Waals surface area contributed by atoms with Crippen LogP contribution >= 0.6 is 0 Å². The molecule has 0 aromatic heterocycles. The minimum absolute atomic E-state index is 0.0579. The summed E-state index contributed by atoms with van der Waals surface area (Å²) in [5.41, 5.74) is -0.0850. The number of anilines is 2. The molecule has 0 spiro atoms. The Balaban J connectivity index is 2.21. The molecule has 1 amide bonds. The second-order valence-electron chi connectivity index (χ2n) is 7.82. The van der Waals surface area contributed by atoms with Gasteiger partial charge in [0.25, 0.3) is 5.69 Å². The molecular weight excluding hydrogens is 326 g/mol. The first-order valence-electron chi connectivity index (χ1n) is 8.11. The zero-order valence-electron chi connectivity index (χ0n) is 15.2. The molecule has 1 aromatic carbocycles. The van der Waals surface area contributed by atoms with Crippen molar-refractivity contribution in [1.82, 2.24) is 0 Å². The molecule has 0 radical (unpaired) electrons. The van der Waals surface area contributed by atoms with Crippen LogP contribution in [0.15, 0.2) is 18.2 Å². The Bertz CT molecular complexity index is 667. The van der Waals surface area contributed by atoms with Crippen molar-refractivity contribution in [3.8, 4) is 0 Å². The van der Waals surface area contributed by atoms with Crippen LogP contribution in [-0.2, 0) is 9.47 Å². The lowest BCUT2D eigenvalue weighted by atomic mass is 9.88. The fourth-order valence-electron chi connectivity index (χ4n) is 2.50. The Morgan fingerprint density at radius 3 is 2.60 bits per heavy atom. The molecule has 1 heterocycles. The second-order valence-corrected chi connectivity index (χ2v) is 7.82. The summed E-state index contributed by atoms with van der Waals surface area (Å²) in [5.74, 6) is 0. The molecule has 1 unspecified atom stereocenters. The van der Waals surface area contributed by atoms with E-state index in [1.54, 1.807) is 20.8 Å². The van der Waals surface area contributed by atoms with Gasteiger partial charge in [-0.3, -0.25) is 15.4 Å². The number of nitrogens with zero attached hydrogens (tertiary/aromatic N) is 1. The highest BCUT2D eigenvalue weighted by Gasteiger charge is 2.36. The van der Waals surface area contributed by atoms with E-state index in [0.29, 0.717) is 24.6 Å². The summed E-state index contributed by atoms with van der Waals surface area (Å²) < 4.78 is 10.7. The van der Waals surface area contributed by atoms with Crippen LogP contribution in [0, 0.1) is 15.5 Å². The number of nitro groups is 1. The molecule has 1 saturated heterocycles. The van der Waals surface area contributed by atoms with Crippen LogP contribution in [0.5, 0.6) is 0 Å². The predicted octanol–water partition coefficient (Wildman–Crippen LogP) is 3.78. The van der Waals surface area contributed by atoms with Gasteiger partial charge in [-0.2, -0.15) is 0 Å². The molecule has 8 heteroatoms. The third-order valence-electron chi connectivity index (χ3n) is 3.87. The monoisotopic (exact) mass is 351 g/mol. The van der Waals surface area contributed by atoms with Gasteiger partial charge in [-0.25, -0.2) is 4.79 Å². The molecule has 8 nitrogen and oxygen atoms in total. The lowest BCUT2D eigenvalue weighted by Crippen LogP contribution is -2.34. The third-order valence-corrected chi connectivity index (χ3v) is 3.87. The van der Waals surface area contributed by atoms with Gasteiger partial charge in [0.15, 0.2) is 0 Å². The fraction of sp³-hybridized carbons (Fsp3) is 0.588. The molecule has 25 heavy (non-hydrogen) atoms. The summed E-state index contributed by atoms with van der Waals surface area (Å²) in [5, 5.41) is 17.1. The van der Waals surface area contributed by atoms with Crippen molar-refractivity contribution in [1.29, 1.82) is 0 Å². The van der Waals surface area contributed by atoms with E-state index in [-0.39, 0.29) is 17.1 Å². The molecule has 1 aliphatic rings. The summed E-state index contributed by atoms with van der Waals surface area (Å²) in [4.78, 5) is 22.7. The van der Waals surface area contributed by atoms with Crippen LogP contribution in [0.2, 0.25) is 0 Å². The Hall–Kier alpha value is -2.35. The molecule has 1 aliphatic heterocycles. The minimum atomic E-state index is -0.628. The van der Waals surface area contributed by atoms with E-state index in [1.165, 1.54) is 18.2 Å². The number of hydrogen-bond acceptors (Lipinski definition) is 6. The maximum Gasteiger partial charge on any atom is 0.412 e. The first-order chi connectivity index (χ1) is 11.5. The van der Waals surface area contributed by atoms with Crippen LogP contribution in [0.1, 0.15) is 34.6 Å². The highest BCUT2D eigenvalue weighted by molar-refractivity contribution is 5.86. The van der Waals surface area contributed by atoms with E-state index in [1.807, 2.05) is 13.8 Å². The van der Waals surface area contributed by atoms with Gasteiger partial charge in [-0.05, 0) is 32.9 Å². The van der Waals surface area contributed by atoms with Crippen LogP contribution in [0.3, 0.4) is 0 Å². The van der Waals surface area contributed by atoms with Crippen molar-refractivity contribution in [3.63, 3.8) is 0 Å². The van der Waals surface area contributed by atoms with Crippen molar-refractivity contribution in [2.75, 3.05) is 23.8 Å². The number of carbonyl (C=O) groups excluding carboxylic acids is 1. The van der Waals surface area contributed by atoms with E-state index in [0.717, 1.165) is 0 Å². The number of hydrogen-bond donors (Lipinski definition) is 2. The number of nitrogens with one attached hydrogen (secondary N) is 2. The van der Waals surface area contributed by atoms with Gasteiger partial charge >= 0.3 is 6.09 Å². The van der Waals surface area contributed by atoms with Gasteiger partial charge in [0.1, 0.15) is 11.3 Å². The van der Waals surface area contributed by atoms with Gasteiger partial charge in [0, 0.05) is 17.2 Å². The summed E-state index contributed by atoms with van der Waals surface area (Å²) in [6, 6.07) is 4.31. The second kappa shape index (κ2) is 6.87. The summed E-state index contributed by atoms with van der Waals surface area (Å²) in [6.07, 6.45) is -0.614. The molecule has 0 bridgehead atoms. The molecule has 138 valence electrons. The van der Waals surface area contributed by atoms with E-state index >= 15 is 0 Å². The van der Waals surface area contributed by atoms with E-state index < -0.39 is 16.6 Å². The average Bonchev–Trinajstić information content (AvgIpc) is 2.75. The van der Waals surface area contributed by atoms with Gasteiger partial charge in [-0.1, -0.05) is 13.8 Å². The average molecular weight is 351 g/mol. The lowest BCUT2D eigenvalue weighted by Gasteiger charge is -2.26. The van der Waals surface area contributed by atoms with E-state index in [9.17, 15) is 14.9 Å². The van der Waals surface area contributed by atoms with Crippen molar-refractivity contribution < 1.29 is 19.2 Å². The zero-order valence-corrected chi connectivity index (χ0v) is 15.2. The van der Waals surface area contributed by atoms with E-state index in [4.69, 9.17) is 9.47 Å². The van der Waals surface area contributed by atoms with Crippen LogP contribution in [-0.4, -0.2) is 35.9 Å². The molecule has 2 rings (SSSR count). The van der Waals surface area contributed by atoms with Crippen molar-refractivity contribution in [3.05, 3.63) is 28.3 Å². The number of benzene rings is 1. The summed E-state index contributed by atoms with van der Waals surface area (Å²) >= 11 is 0. The van der Waals surface area contributed by atoms with Gasteiger partial charge in [-0.15, -0.1) is 0 Å².